The van der Waals surface area contributed by atoms with Crippen LogP contribution in [-0.4, -0.2) is 76.9 Å². The molecule has 1 unspecified atom stereocenters. The average Bonchev–Trinajstić information content (AvgIpc) is 2.44. The van der Waals surface area contributed by atoms with Gasteiger partial charge < -0.3 is 34.6 Å². The molecule has 1 rings (SSSR count). The van der Waals surface area contributed by atoms with Gasteiger partial charge in [0.15, 0.2) is 6.29 Å². The second-order valence-electron chi connectivity index (χ2n) is 4.33. The zero-order valence-corrected chi connectivity index (χ0v) is 11.1. The van der Waals surface area contributed by atoms with E-state index in [2.05, 4.69) is 6.58 Å². The minimum Gasteiger partial charge on any atom is -0.463 e. The van der Waals surface area contributed by atoms with Crippen LogP contribution < -0.4 is 0 Å². The number of rotatable bonds is 6. The van der Waals surface area contributed by atoms with Gasteiger partial charge in [-0.05, 0) is 6.92 Å². The van der Waals surface area contributed by atoms with Gasteiger partial charge in [0, 0.05) is 0 Å². The van der Waals surface area contributed by atoms with E-state index >= 15 is 0 Å². The molecule has 1 saturated heterocycles. The fraction of sp³-hybridized carbons (Fsp3) is 0.750. The molecule has 1 fully saturated rings. The predicted octanol–water partition coefficient (Wildman–Crippen LogP) is -2.08. The highest BCUT2D eigenvalue weighted by atomic mass is 16.7. The van der Waals surface area contributed by atoms with Gasteiger partial charge in [-0.1, -0.05) is 6.58 Å². The number of ether oxygens (including phenoxy) is 3. The Hall–Kier alpha value is -1.03. The SMILES string of the molecule is C=C(COC1O[C@H](CO)[C@@H](O)[C@H](O)[C@H]1O)C(=O)OCC. The minimum absolute atomic E-state index is 0.0174. The van der Waals surface area contributed by atoms with Gasteiger partial charge >= 0.3 is 5.97 Å². The highest BCUT2D eigenvalue weighted by molar-refractivity contribution is 5.87. The Morgan fingerprint density at radius 1 is 1.25 bits per heavy atom. The van der Waals surface area contributed by atoms with Crippen LogP contribution in [0.15, 0.2) is 12.2 Å². The summed E-state index contributed by atoms with van der Waals surface area (Å²) < 4.78 is 14.9. The number of hydrogen-bond acceptors (Lipinski definition) is 8. The molecule has 116 valence electrons. The molecular weight excluding hydrogens is 272 g/mol. The first-order valence-corrected chi connectivity index (χ1v) is 6.19. The van der Waals surface area contributed by atoms with Crippen LogP contribution >= 0.6 is 0 Å². The second-order valence-corrected chi connectivity index (χ2v) is 4.33. The van der Waals surface area contributed by atoms with Gasteiger partial charge in [-0.3, -0.25) is 0 Å². The third-order valence-corrected chi connectivity index (χ3v) is 2.83. The Morgan fingerprint density at radius 2 is 1.90 bits per heavy atom. The quantitative estimate of drug-likeness (QED) is 0.325. The maximum Gasteiger partial charge on any atom is 0.335 e. The fourth-order valence-corrected chi connectivity index (χ4v) is 1.68. The molecule has 0 radical (unpaired) electrons. The van der Waals surface area contributed by atoms with Crippen molar-refractivity contribution in [3.05, 3.63) is 12.2 Å². The highest BCUT2D eigenvalue weighted by Gasteiger charge is 2.44. The van der Waals surface area contributed by atoms with E-state index < -0.39 is 43.3 Å². The lowest BCUT2D eigenvalue weighted by atomic mass is 9.99. The molecule has 0 amide bonds. The first-order valence-electron chi connectivity index (χ1n) is 6.19. The Morgan fingerprint density at radius 3 is 2.45 bits per heavy atom. The van der Waals surface area contributed by atoms with E-state index in [-0.39, 0.29) is 18.8 Å². The zero-order valence-electron chi connectivity index (χ0n) is 11.1. The van der Waals surface area contributed by atoms with Gasteiger partial charge in [0.2, 0.25) is 0 Å². The third kappa shape index (κ3) is 3.98. The normalized spacial score (nSPS) is 33.8. The topological polar surface area (TPSA) is 126 Å². The zero-order chi connectivity index (χ0) is 15.3. The van der Waals surface area contributed by atoms with Crippen molar-refractivity contribution in [1.29, 1.82) is 0 Å². The summed E-state index contributed by atoms with van der Waals surface area (Å²) in [7, 11) is 0. The van der Waals surface area contributed by atoms with Gasteiger partial charge in [-0.15, -0.1) is 0 Å². The van der Waals surface area contributed by atoms with E-state index in [4.69, 9.17) is 19.3 Å². The van der Waals surface area contributed by atoms with Crippen LogP contribution in [0.25, 0.3) is 0 Å². The molecule has 1 aliphatic rings. The van der Waals surface area contributed by atoms with E-state index in [0.29, 0.717) is 0 Å². The lowest BCUT2D eigenvalue weighted by molar-refractivity contribution is -0.299. The highest BCUT2D eigenvalue weighted by Crippen LogP contribution is 2.22. The number of carbonyl (C=O) groups is 1. The van der Waals surface area contributed by atoms with Crippen LogP contribution in [0.2, 0.25) is 0 Å². The summed E-state index contributed by atoms with van der Waals surface area (Å²) in [5, 5.41) is 37.8. The number of aliphatic hydroxyl groups excluding tert-OH is 4. The van der Waals surface area contributed by atoms with Crippen molar-refractivity contribution in [3.63, 3.8) is 0 Å². The van der Waals surface area contributed by atoms with E-state index in [0.717, 1.165) is 0 Å². The Bertz CT molecular complexity index is 342. The van der Waals surface area contributed by atoms with E-state index in [1.165, 1.54) is 0 Å². The average molecular weight is 292 g/mol. The van der Waals surface area contributed by atoms with Gasteiger partial charge in [0.1, 0.15) is 24.4 Å². The summed E-state index contributed by atoms with van der Waals surface area (Å²) in [4.78, 5) is 11.3. The van der Waals surface area contributed by atoms with Crippen LogP contribution in [-0.2, 0) is 19.0 Å². The summed E-state index contributed by atoms with van der Waals surface area (Å²) >= 11 is 0. The summed E-state index contributed by atoms with van der Waals surface area (Å²) in [6.45, 7) is 4.46. The standard InChI is InChI=1S/C12H20O8/c1-3-18-11(17)6(2)5-19-12-10(16)9(15)8(14)7(4-13)20-12/h7-10,12-16H,2-5H2,1H3/t7-,8-,9+,10-,12?/m1/s1. The third-order valence-electron chi connectivity index (χ3n) is 2.83. The summed E-state index contributed by atoms with van der Waals surface area (Å²) in [5.41, 5.74) is 0.0174. The smallest absolute Gasteiger partial charge is 0.335 e. The van der Waals surface area contributed by atoms with E-state index in [1.54, 1.807) is 6.92 Å². The van der Waals surface area contributed by atoms with Gasteiger partial charge in [-0.2, -0.15) is 0 Å². The number of esters is 1. The van der Waals surface area contributed by atoms with Gasteiger partial charge in [0.05, 0.1) is 25.4 Å². The molecule has 0 aromatic rings. The molecule has 8 heteroatoms. The maximum atomic E-state index is 11.3. The molecule has 1 aliphatic heterocycles. The van der Waals surface area contributed by atoms with Crippen molar-refractivity contribution in [2.75, 3.05) is 19.8 Å². The lowest BCUT2D eigenvalue weighted by Crippen LogP contribution is -2.59. The van der Waals surface area contributed by atoms with Crippen molar-refractivity contribution < 1.29 is 39.4 Å². The molecule has 4 N–H and O–H groups in total. The van der Waals surface area contributed by atoms with Crippen molar-refractivity contribution in [2.45, 2.75) is 37.6 Å². The molecule has 0 bridgehead atoms. The molecular formula is C12H20O8. The number of aliphatic hydroxyl groups is 4. The molecule has 8 nitrogen and oxygen atoms in total. The molecule has 1 heterocycles. The number of carbonyl (C=O) groups excluding carboxylic acids is 1. The summed E-state index contributed by atoms with van der Waals surface area (Å²) in [6.07, 6.45) is -6.85. The van der Waals surface area contributed by atoms with E-state index in [9.17, 15) is 20.1 Å². The van der Waals surface area contributed by atoms with Gasteiger partial charge in [0.25, 0.3) is 0 Å². The molecule has 20 heavy (non-hydrogen) atoms. The largest absolute Gasteiger partial charge is 0.463 e. The van der Waals surface area contributed by atoms with Crippen LogP contribution in [0.3, 0.4) is 0 Å². The van der Waals surface area contributed by atoms with Crippen LogP contribution in [0.1, 0.15) is 6.92 Å². The minimum atomic E-state index is -1.53. The fourth-order valence-electron chi connectivity index (χ4n) is 1.68. The first kappa shape index (κ1) is 17.0. The molecule has 0 aliphatic carbocycles. The number of hydrogen-bond donors (Lipinski definition) is 4. The monoisotopic (exact) mass is 292 g/mol. The molecule has 0 aromatic heterocycles. The maximum absolute atomic E-state index is 11.3. The molecule has 0 spiro atoms. The Balaban J connectivity index is 2.54. The summed E-state index contributed by atoms with van der Waals surface area (Å²) in [6, 6.07) is 0. The van der Waals surface area contributed by atoms with Crippen molar-refractivity contribution in [1.82, 2.24) is 0 Å². The molecule has 0 aromatic carbocycles. The van der Waals surface area contributed by atoms with Gasteiger partial charge in [-0.25, -0.2) is 4.79 Å². The van der Waals surface area contributed by atoms with Crippen LogP contribution in [0.5, 0.6) is 0 Å². The Labute approximate surface area is 116 Å². The van der Waals surface area contributed by atoms with Crippen molar-refractivity contribution in [2.24, 2.45) is 0 Å². The lowest BCUT2D eigenvalue weighted by Gasteiger charge is -2.39. The van der Waals surface area contributed by atoms with Crippen molar-refractivity contribution in [3.8, 4) is 0 Å². The van der Waals surface area contributed by atoms with Crippen molar-refractivity contribution >= 4 is 5.97 Å². The van der Waals surface area contributed by atoms with Crippen LogP contribution in [0.4, 0.5) is 0 Å². The molecule has 5 atom stereocenters. The Kier molecular flexibility index (Phi) is 6.53. The summed E-state index contributed by atoms with van der Waals surface area (Å²) in [5.74, 6) is -0.642. The first-order chi connectivity index (χ1) is 9.42. The predicted molar refractivity (Wildman–Crippen MR) is 65.5 cm³/mol. The van der Waals surface area contributed by atoms with E-state index in [1.807, 2.05) is 0 Å². The second kappa shape index (κ2) is 7.67. The molecule has 0 saturated carbocycles. The van der Waals surface area contributed by atoms with Crippen LogP contribution in [0, 0.1) is 0 Å².